The van der Waals surface area contributed by atoms with Crippen LogP contribution in [0, 0.1) is 5.82 Å². The van der Waals surface area contributed by atoms with Gasteiger partial charge >= 0.3 is 0 Å². The van der Waals surface area contributed by atoms with E-state index in [1.165, 1.54) is 23.5 Å². The van der Waals surface area contributed by atoms with Crippen LogP contribution in [0.5, 0.6) is 11.5 Å². The van der Waals surface area contributed by atoms with Crippen molar-refractivity contribution in [2.45, 2.75) is 19.6 Å². The van der Waals surface area contributed by atoms with Gasteiger partial charge in [0.15, 0.2) is 0 Å². The van der Waals surface area contributed by atoms with Crippen LogP contribution in [0.1, 0.15) is 21.7 Å². The molecule has 0 fully saturated rings. The van der Waals surface area contributed by atoms with Gasteiger partial charge in [0.2, 0.25) is 5.01 Å². The van der Waals surface area contributed by atoms with E-state index in [1.807, 2.05) is 6.92 Å². The van der Waals surface area contributed by atoms with Crippen LogP contribution in [0.4, 0.5) is 15.8 Å². The molecule has 3 aromatic rings. The fourth-order valence-electron chi connectivity index (χ4n) is 3.09. The lowest BCUT2D eigenvalue weighted by Crippen LogP contribution is -2.38. The number of rotatable bonds is 5. The largest absolute Gasteiger partial charge is 0.497 e. The molecule has 0 saturated heterocycles. The van der Waals surface area contributed by atoms with Crippen LogP contribution in [-0.2, 0) is 6.54 Å². The zero-order valence-corrected chi connectivity index (χ0v) is 16.7. The summed E-state index contributed by atoms with van der Waals surface area (Å²) < 4.78 is 24.3. The molecule has 9 heteroatoms. The van der Waals surface area contributed by atoms with Gasteiger partial charge in [-0.05, 0) is 43.3 Å². The number of hydrogen-bond donors (Lipinski definition) is 1. The molecule has 1 atom stereocenters. The quantitative estimate of drug-likeness (QED) is 0.686. The Balaban J connectivity index is 1.46. The van der Waals surface area contributed by atoms with Crippen molar-refractivity contribution in [2.75, 3.05) is 23.9 Å². The molecule has 2 aromatic carbocycles. The van der Waals surface area contributed by atoms with E-state index in [2.05, 4.69) is 20.4 Å². The number of amides is 1. The number of anilines is 2. The highest BCUT2D eigenvalue weighted by atomic mass is 32.1. The first-order valence-corrected chi connectivity index (χ1v) is 9.82. The molecule has 1 N–H and O–H groups in total. The van der Waals surface area contributed by atoms with Crippen LogP contribution in [0.15, 0.2) is 42.5 Å². The van der Waals surface area contributed by atoms with E-state index in [4.69, 9.17) is 9.47 Å². The van der Waals surface area contributed by atoms with Gasteiger partial charge in [0, 0.05) is 11.8 Å². The van der Waals surface area contributed by atoms with Crippen LogP contribution in [-0.4, -0.2) is 35.9 Å². The predicted octanol–water partition coefficient (Wildman–Crippen LogP) is 3.73. The summed E-state index contributed by atoms with van der Waals surface area (Å²) in [6, 6.07) is 11.5. The van der Waals surface area contributed by atoms with Crippen molar-refractivity contribution in [1.82, 2.24) is 10.2 Å². The lowest BCUT2D eigenvalue weighted by Gasteiger charge is -2.34. The predicted molar refractivity (Wildman–Crippen MR) is 108 cm³/mol. The molecule has 0 saturated carbocycles. The van der Waals surface area contributed by atoms with Gasteiger partial charge in [-0.3, -0.25) is 4.79 Å². The number of nitrogens with one attached hydrogen (secondary N) is 1. The van der Waals surface area contributed by atoms with Crippen molar-refractivity contribution in [3.63, 3.8) is 0 Å². The Morgan fingerprint density at radius 1 is 1.31 bits per heavy atom. The highest BCUT2D eigenvalue weighted by molar-refractivity contribution is 7.13. The molecular weight excluding hydrogens is 395 g/mol. The number of carbonyl (C=O) groups is 1. The third-order valence-electron chi connectivity index (χ3n) is 4.40. The lowest BCUT2D eigenvalue weighted by atomic mass is 10.2. The molecule has 1 aliphatic rings. The van der Waals surface area contributed by atoms with Crippen LogP contribution in [0.25, 0.3) is 0 Å². The van der Waals surface area contributed by atoms with Crippen LogP contribution < -0.4 is 19.7 Å². The van der Waals surface area contributed by atoms with Crippen molar-refractivity contribution in [1.29, 1.82) is 0 Å². The molecule has 0 radical (unpaired) electrons. The zero-order valence-electron chi connectivity index (χ0n) is 15.9. The van der Waals surface area contributed by atoms with Crippen molar-refractivity contribution >= 4 is 28.6 Å². The third-order valence-corrected chi connectivity index (χ3v) is 5.31. The molecule has 1 aromatic heterocycles. The number of hydrogen-bond acceptors (Lipinski definition) is 7. The van der Waals surface area contributed by atoms with Crippen LogP contribution in [0.2, 0.25) is 0 Å². The van der Waals surface area contributed by atoms with E-state index in [9.17, 15) is 9.18 Å². The topological polar surface area (TPSA) is 76.6 Å². The van der Waals surface area contributed by atoms with Gasteiger partial charge < -0.3 is 19.7 Å². The number of ether oxygens (including phenoxy) is 2. The molecule has 2 heterocycles. The van der Waals surface area contributed by atoms with Crippen molar-refractivity contribution in [3.05, 3.63) is 58.3 Å². The van der Waals surface area contributed by atoms with Gasteiger partial charge in [0.25, 0.3) is 5.91 Å². The normalized spacial score (nSPS) is 15.4. The van der Waals surface area contributed by atoms with Gasteiger partial charge in [-0.1, -0.05) is 11.3 Å². The molecule has 0 spiro atoms. The van der Waals surface area contributed by atoms with Crippen LogP contribution in [0.3, 0.4) is 0 Å². The number of halogens is 1. The molecule has 0 unspecified atom stereocenters. The number of aromatic nitrogens is 2. The second kappa shape index (κ2) is 8.04. The fraction of sp³-hybridized carbons (Fsp3) is 0.250. The smallest absolute Gasteiger partial charge is 0.286 e. The molecule has 1 amide bonds. The van der Waals surface area contributed by atoms with Crippen molar-refractivity contribution in [2.24, 2.45) is 0 Å². The summed E-state index contributed by atoms with van der Waals surface area (Å²) in [6.07, 6.45) is -0.0879. The Labute approximate surface area is 171 Å². The average molecular weight is 414 g/mol. The number of methoxy groups -OCH3 is 1. The molecule has 29 heavy (non-hydrogen) atoms. The van der Waals surface area contributed by atoms with Gasteiger partial charge in [0.1, 0.15) is 28.4 Å². The Hall–Kier alpha value is -3.20. The van der Waals surface area contributed by atoms with Crippen LogP contribution >= 0.6 is 11.3 Å². The maximum Gasteiger partial charge on any atom is 0.286 e. The highest BCUT2D eigenvalue weighted by Gasteiger charge is 2.25. The summed E-state index contributed by atoms with van der Waals surface area (Å²) in [5.74, 6) is 0.551. The minimum Gasteiger partial charge on any atom is -0.497 e. The summed E-state index contributed by atoms with van der Waals surface area (Å²) in [5.41, 5.74) is 1.44. The summed E-state index contributed by atoms with van der Waals surface area (Å²) in [7, 11) is 1.58. The minimum absolute atomic E-state index is 0.0879. The highest BCUT2D eigenvalue weighted by Crippen LogP contribution is 2.35. The van der Waals surface area contributed by atoms with Gasteiger partial charge in [0.05, 0.1) is 25.9 Å². The second-order valence-corrected chi connectivity index (χ2v) is 7.67. The molecule has 0 bridgehead atoms. The Morgan fingerprint density at radius 2 is 2.10 bits per heavy atom. The molecule has 0 aliphatic carbocycles. The molecule has 7 nitrogen and oxygen atoms in total. The minimum atomic E-state index is -0.341. The monoisotopic (exact) mass is 414 g/mol. The zero-order chi connectivity index (χ0) is 20.4. The lowest BCUT2D eigenvalue weighted by molar-refractivity contribution is 0.102. The molecule has 150 valence electrons. The first-order chi connectivity index (χ1) is 14.0. The SMILES string of the molecule is COc1ccc(NC(=O)c2nnc(CN3C[C@H](C)Oc4cc(F)ccc43)s2)cc1. The van der Waals surface area contributed by atoms with E-state index in [0.717, 1.165) is 5.69 Å². The maximum atomic E-state index is 13.5. The van der Waals surface area contributed by atoms with Gasteiger partial charge in [-0.15, -0.1) is 10.2 Å². The van der Waals surface area contributed by atoms with E-state index < -0.39 is 0 Å². The Bertz CT molecular complexity index is 1020. The first kappa shape index (κ1) is 19.1. The number of fused-ring (bicyclic) bond motifs is 1. The van der Waals surface area contributed by atoms with E-state index >= 15 is 0 Å². The van der Waals surface area contributed by atoms with Gasteiger partial charge in [-0.2, -0.15) is 0 Å². The summed E-state index contributed by atoms with van der Waals surface area (Å²) in [5, 5.41) is 11.9. The summed E-state index contributed by atoms with van der Waals surface area (Å²) in [6.45, 7) is 3.01. The van der Waals surface area contributed by atoms with E-state index in [-0.39, 0.29) is 22.8 Å². The van der Waals surface area contributed by atoms with Gasteiger partial charge in [-0.25, -0.2) is 4.39 Å². The summed E-state index contributed by atoms with van der Waals surface area (Å²) in [4.78, 5) is 14.5. The molecule has 4 rings (SSSR count). The standard InChI is InChI=1S/C20H19FN4O3S/c1-12-10-25(16-8-3-13(21)9-17(16)28-12)11-18-23-24-20(29-18)19(26)22-14-4-6-15(27-2)7-5-14/h3-9,12H,10-11H2,1-2H3,(H,22,26)/t12-/m0/s1. The number of nitrogens with zero attached hydrogens (tertiary/aromatic N) is 3. The maximum absolute atomic E-state index is 13.5. The fourth-order valence-corrected chi connectivity index (χ4v) is 3.84. The van der Waals surface area contributed by atoms with E-state index in [0.29, 0.717) is 35.3 Å². The molecular formula is C20H19FN4O3S. The average Bonchev–Trinajstić information content (AvgIpc) is 3.17. The number of carbonyl (C=O) groups excluding carboxylic acids is 1. The molecule has 1 aliphatic heterocycles. The van der Waals surface area contributed by atoms with E-state index in [1.54, 1.807) is 37.4 Å². The van der Waals surface area contributed by atoms with Crippen molar-refractivity contribution in [3.8, 4) is 11.5 Å². The summed E-state index contributed by atoms with van der Waals surface area (Å²) >= 11 is 1.23. The second-order valence-electron chi connectivity index (χ2n) is 6.60. The Morgan fingerprint density at radius 3 is 2.86 bits per heavy atom. The Kier molecular flexibility index (Phi) is 5.30. The number of benzene rings is 2. The third kappa shape index (κ3) is 4.29. The first-order valence-electron chi connectivity index (χ1n) is 9.01. The van der Waals surface area contributed by atoms with Crippen molar-refractivity contribution < 1.29 is 18.7 Å².